The van der Waals surface area contributed by atoms with Gasteiger partial charge in [-0.2, -0.15) is 0 Å². The zero-order chi connectivity index (χ0) is 19.4. The zero-order valence-electron chi connectivity index (χ0n) is 15.3. The van der Waals surface area contributed by atoms with Crippen molar-refractivity contribution in [2.75, 3.05) is 7.05 Å². The highest BCUT2D eigenvalue weighted by atomic mass is 32.2. The van der Waals surface area contributed by atoms with Crippen molar-refractivity contribution in [1.82, 2.24) is 4.72 Å². The van der Waals surface area contributed by atoms with Crippen LogP contribution in [0.1, 0.15) is 29.8 Å². The van der Waals surface area contributed by atoms with E-state index in [4.69, 9.17) is 0 Å². The number of carbonyl (C=O) groups excluding carboxylic acids is 1. The van der Waals surface area contributed by atoms with Crippen LogP contribution in [-0.4, -0.2) is 12.8 Å². The molecule has 2 nitrogen and oxygen atoms in total. The van der Waals surface area contributed by atoms with E-state index in [0.29, 0.717) is 4.90 Å². The van der Waals surface area contributed by atoms with E-state index in [0.717, 1.165) is 16.7 Å². The topological polar surface area (TPSA) is 29.1 Å². The average Bonchev–Trinajstić information content (AvgIpc) is 2.64. The molecule has 0 aliphatic carbocycles. The Morgan fingerprint density at radius 1 is 1.12 bits per heavy atom. The number of Topliss-reactive ketones (excluding diaryl/α,β-unsaturated/α-hetero) is 1. The zero-order valence-corrected chi connectivity index (χ0v) is 16.1. The first-order valence-corrected chi connectivity index (χ1v) is 8.99. The second kappa shape index (κ2) is 12.0. The number of benzene rings is 2. The van der Waals surface area contributed by atoms with Crippen molar-refractivity contribution < 1.29 is 9.18 Å². The number of nitrogens with one attached hydrogen (secondary N) is 1. The van der Waals surface area contributed by atoms with E-state index >= 15 is 0 Å². The molecule has 0 fully saturated rings. The lowest BCUT2D eigenvalue weighted by Gasteiger charge is -2.02. The fourth-order valence-electron chi connectivity index (χ4n) is 1.95. The first-order valence-electron chi connectivity index (χ1n) is 8.17. The SMILES string of the molecule is C=C(/C=C\C=C/C)c1cccc(C(C)=O)c1.CNSc1ccccc1F. The van der Waals surface area contributed by atoms with E-state index in [1.54, 1.807) is 26.1 Å². The molecule has 2 rings (SSSR count). The second-order valence-corrected chi connectivity index (χ2v) is 6.34. The van der Waals surface area contributed by atoms with Gasteiger partial charge in [-0.05, 0) is 62.2 Å². The average molecular weight is 370 g/mol. The summed E-state index contributed by atoms with van der Waals surface area (Å²) < 4.78 is 15.5. The summed E-state index contributed by atoms with van der Waals surface area (Å²) in [5, 5.41) is 0. The minimum Gasteiger partial charge on any atom is -0.295 e. The third-order valence-electron chi connectivity index (χ3n) is 3.29. The summed E-state index contributed by atoms with van der Waals surface area (Å²) in [5.74, 6) is -0.103. The van der Waals surface area contributed by atoms with Crippen LogP contribution >= 0.6 is 11.9 Å². The van der Waals surface area contributed by atoms with Crippen LogP contribution in [-0.2, 0) is 0 Å². The van der Waals surface area contributed by atoms with Crippen LogP contribution in [0.25, 0.3) is 5.57 Å². The summed E-state index contributed by atoms with van der Waals surface area (Å²) in [6.45, 7) is 7.49. The Hall–Kier alpha value is -2.43. The van der Waals surface area contributed by atoms with Gasteiger partial charge in [0, 0.05) is 5.56 Å². The predicted octanol–water partition coefficient (Wildman–Crippen LogP) is 6.09. The van der Waals surface area contributed by atoms with Crippen LogP contribution in [0.5, 0.6) is 0 Å². The van der Waals surface area contributed by atoms with Gasteiger partial charge in [0.25, 0.3) is 0 Å². The van der Waals surface area contributed by atoms with Crippen LogP contribution in [0, 0.1) is 5.82 Å². The Morgan fingerprint density at radius 3 is 2.42 bits per heavy atom. The van der Waals surface area contributed by atoms with E-state index in [1.165, 1.54) is 18.0 Å². The molecule has 0 amide bonds. The standard InChI is InChI=1S/C15H16O.C7H8FNS/c1-4-5-6-8-12(2)14-9-7-10-15(11-14)13(3)16;1-9-10-7-5-3-2-4-6(7)8/h4-11H,2H2,1,3H3;2-5,9H,1H3/b5-4-,8-6-;. The summed E-state index contributed by atoms with van der Waals surface area (Å²) in [7, 11) is 1.76. The Balaban J connectivity index is 0.000000289. The molecule has 2 aromatic rings. The lowest BCUT2D eigenvalue weighted by Crippen LogP contribution is -1.92. The summed E-state index contributed by atoms with van der Waals surface area (Å²) in [4.78, 5) is 11.9. The second-order valence-electron chi connectivity index (χ2n) is 5.28. The normalized spacial score (nSPS) is 10.6. The molecule has 0 atom stereocenters. The van der Waals surface area contributed by atoms with E-state index in [-0.39, 0.29) is 11.6 Å². The van der Waals surface area contributed by atoms with Crippen molar-refractivity contribution in [2.24, 2.45) is 0 Å². The maximum absolute atomic E-state index is 12.7. The van der Waals surface area contributed by atoms with Gasteiger partial charge in [-0.25, -0.2) is 4.39 Å². The van der Waals surface area contributed by atoms with Crippen molar-refractivity contribution in [3.05, 3.63) is 96.4 Å². The molecule has 26 heavy (non-hydrogen) atoms. The molecule has 0 saturated carbocycles. The molecule has 2 aromatic carbocycles. The van der Waals surface area contributed by atoms with Crippen molar-refractivity contribution in [3.63, 3.8) is 0 Å². The molecule has 0 aliphatic heterocycles. The molecule has 1 N–H and O–H groups in total. The van der Waals surface area contributed by atoms with Gasteiger partial charge in [0.2, 0.25) is 0 Å². The first-order chi connectivity index (χ1) is 12.5. The molecule has 0 saturated heterocycles. The molecule has 0 bridgehead atoms. The number of hydrogen-bond donors (Lipinski definition) is 1. The lowest BCUT2D eigenvalue weighted by atomic mass is 10.0. The highest BCUT2D eigenvalue weighted by Gasteiger charge is 2.01. The number of hydrogen-bond acceptors (Lipinski definition) is 3. The van der Waals surface area contributed by atoms with Gasteiger partial charge in [-0.1, -0.05) is 61.2 Å². The maximum atomic E-state index is 12.7. The minimum atomic E-state index is -0.179. The summed E-state index contributed by atoms with van der Waals surface area (Å²) in [5.41, 5.74) is 2.60. The van der Waals surface area contributed by atoms with Crippen molar-refractivity contribution in [2.45, 2.75) is 18.7 Å². The molecule has 136 valence electrons. The molecule has 0 heterocycles. The number of halogens is 1. The molecule has 4 heteroatoms. The highest BCUT2D eigenvalue weighted by molar-refractivity contribution is 7.97. The minimum absolute atomic E-state index is 0.0760. The summed E-state index contributed by atoms with van der Waals surface area (Å²) in [6.07, 6.45) is 7.76. The van der Waals surface area contributed by atoms with Gasteiger partial charge in [0.1, 0.15) is 5.82 Å². The maximum Gasteiger partial charge on any atom is 0.159 e. The molecule has 0 spiro atoms. The number of allylic oxidation sites excluding steroid dienone is 5. The number of rotatable bonds is 6. The van der Waals surface area contributed by atoms with Crippen LogP contribution in [0.3, 0.4) is 0 Å². The highest BCUT2D eigenvalue weighted by Crippen LogP contribution is 2.17. The van der Waals surface area contributed by atoms with Gasteiger partial charge in [0.05, 0.1) is 4.90 Å². The van der Waals surface area contributed by atoms with Crippen molar-refractivity contribution >= 4 is 23.3 Å². The monoisotopic (exact) mass is 369 g/mol. The van der Waals surface area contributed by atoms with Gasteiger partial charge in [0.15, 0.2) is 5.78 Å². The van der Waals surface area contributed by atoms with E-state index in [1.807, 2.05) is 61.6 Å². The smallest absolute Gasteiger partial charge is 0.159 e. The largest absolute Gasteiger partial charge is 0.295 e. The fraction of sp³-hybridized carbons (Fsp3) is 0.136. The van der Waals surface area contributed by atoms with Crippen LogP contribution in [0.15, 0.2) is 84.3 Å². The fourth-order valence-corrected chi connectivity index (χ4v) is 2.49. The van der Waals surface area contributed by atoms with Crippen LogP contribution in [0.2, 0.25) is 0 Å². The molecular weight excluding hydrogens is 345 g/mol. The van der Waals surface area contributed by atoms with Crippen LogP contribution < -0.4 is 4.72 Å². The predicted molar refractivity (Wildman–Crippen MR) is 111 cm³/mol. The third kappa shape index (κ3) is 7.64. The Morgan fingerprint density at radius 2 is 1.81 bits per heavy atom. The Labute approximate surface area is 159 Å². The summed E-state index contributed by atoms with van der Waals surface area (Å²) >= 11 is 1.28. The van der Waals surface area contributed by atoms with Gasteiger partial charge < -0.3 is 0 Å². The summed E-state index contributed by atoms with van der Waals surface area (Å²) in [6, 6.07) is 14.2. The van der Waals surface area contributed by atoms with E-state index < -0.39 is 0 Å². The van der Waals surface area contributed by atoms with Crippen LogP contribution in [0.4, 0.5) is 4.39 Å². The van der Waals surface area contributed by atoms with Gasteiger partial charge in [-0.3, -0.25) is 9.52 Å². The Kier molecular flexibility index (Phi) is 9.98. The first kappa shape index (κ1) is 21.6. The third-order valence-corrected chi connectivity index (χ3v) is 4.04. The molecule has 0 radical (unpaired) electrons. The van der Waals surface area contributed by atoms with Gasteiger partial charge in [-0.15, -0.1) is 0 Å². The molecule has 0 aliphatic rings. The van der Waals surface area contributed by atoms with Crippen molar-refractivity contribution in [1.29, 1.82) is 0 Å². The van der Waals surface area contributed by atoms with E-state index in [9.17, 15) is 9.18 Å². The number of carbonyl (C=O) groups is 1. The van der Waals surface area contributed by atoms with E-state index in [2.05, 4.69) is 11.3 Å². The molecule has 0 unspecified atom stereocenters. The Bertz CT molecular complexity index is 796. The van der Waals surface area contributed by atoms with Gasteiger partial charge >= 0.3 is 0 Å². The molecule has 0 aromatic heterocycles. The quantitative estimate of drug-likeness (QED) is 0.380. The van der Waals surface area contributed by atoms with Crippen molar-refractivity contribution in [3.8, 4) is 0 Å². The molecular formula is C22H24FNOS. The number of ketones is 1. The lowest BCUT2D eigenvalue weighted by molar-refractivity contribution is 0.101.